The molecule has 1 unspecified atom stereocenters. The Morgan fingerprint density at radius 3 is 2.79 bits per heavy atom. The minimum atomic E-state index is -0.270. The lowest BCUT2D eigenvalue weighted by Crippen LogP contribution is -2.36. The Morgan fingerprint density at radius 1 is 1.21 bits per heavy atom. The number of nitrogens with zero attached hydrogens (tertiary/aromatic N) is 3. The maximum Gasteiger partial charge on any atom is 0.194 e. The first-order valence-electron chi connectivity index (χ1n) is 8.79. The second-order valence-corrected chi connectivity index (χ2v) is 8.17. The second kappa shape index (κ2) is 8.38. The van der Waals surface area contributed by atoms with Crippen molar-refractivity contribution in [2.75, 3.05) is 4.90 Å². The summed E-state index contributed by atoms with van der Waals surface area (Å²) in [6.45, 7) is 1.89. The minimum Gasteiger partial charge on any atom is -0.453 e. The Hall–Kier alpha value is -2.29. The van der Waals surface area contributed by atoms with Crippen LogP contribution in [0.25, 0.3) is 0 Å². The number of anilines is 1. The van der Waals surface area contributed by atoms with Gasteiger partial charge in [0.25, 0.3) is 0 Å². The summed E-state index contributed by atoms with van der Waals surface area (Å²) < 4.78 is 12.5. The molecule has 1 atom stereocenters. The molecule has 2 N–H and O–H groups in total. The van der Waals surface area contributed by atoms with E-state index in [9.17, 15) is 0 Å². The average Bonchev–Trinajstić information content (AvgIpc) is 3.27. The minimum absolute atomic E-state index is 0.270. The number of ether oxygens (including phenoxy) is 1. The van der Waals surface area contributed by atoms with Crippen molar-refractivity contribution in [2.45, 2.75) is 25.3 Å². The molecule has 0 fully saturated rings. The van der Waals surface area contributed by atoms with Gasteiger partial charge in [-0.2, -0.15) is 0 Å². The SMILES string of the molecule is Cc1cnc(CCC2=CSC(N)N2c2ncc(Br)cc2Oc2ccccc2)o1. The summed E-state index contributed by atoms with van der Waals surface area (Å²) in [6, 6.07) is 11.5. The van der Waals surface area contributed by atoms with Crippen LogP contribution in [0, 0.1) is 6.92 Å². The molecule has 1 aliphatic heterocycles. The van der Waals surface area contributed by atoms with Crippen LogP contribution in [0.2, 0.25) is 0 Å². The summed E-state index contributed by atoms with van der Waals surface area (Å²) in [5.74, 6) is 3.58. The number of halogens is 1. The van der Waals surface area contributed by atoms with Gasteiger partial charge in [0.15, 0.2) is 17.5 Å². The molecule has 0 saturated heterocycles. The van der Waals surface area contributed by atoms with E-state index >= 15 is 0 Å². The van der Waals surface area contributed by atoms with Crippen LogP contribution in [-0.4, -0.2) is 15.5 Å². The van der Waals surface area contributed by atoms with Gasteiger partial charge in [0.2, 0.25) is 0 Å². The number of nitrogens with two attached hydrogens (primary N) is 1. The highest BCUT2D eigenvalue weighted by molar-refractivity contribution is 9.10. The molecule has 4 rings (SSSR count). The van der Waals surface area contributed by atoms with Gasteiger partial charge in [-0.15, -0.1) is 0 Å². The van der Waals surface area contributed by atoms with Crippen LogP contribution in [0.15, 0.2) is 68.8 Å². The van der Waals surface area contributed by atoms with Crippen LogP contribution in [0.1, 0.15) is 18.1 Å². The maximum absolute atomic E-state index is 6.37. The fourth-order valence-corrected chi connectivity index (χ4v) is 4.10. The molecule has 144 valence electrons. The Kier molecular flexibility index (Phi) is 5.70. The number of hydrogen-bond donors (Lipinski definition) is 1. The summed E-state index contributed by atoms with van der Waals surface area (Å²) >= 11 is 5.03. The molecule has 0 spiro atoms. The van der Waals surface area contributed by atoms with E-state index in [1.165, 1.54) is 0 Å². The van der Waals surface area contributed by atoms with E-state index in [0.717, 1.165) is 28.1 Å². The molecule has 1 aliphatic rings. The number of thioether (sulfide) groups is 1. The van der Waals surface area contributed by atoms with E-state index in [2.05, 4.69) is 31.3 Å². The van der Waals surface area contributed by atoms with E-state index in [4.69, 9.17) is 14.9 Å². The summed E-state index contributed by atoms with van der Waals surface area (Å²) in [5.41, 5.74) is 7.15. The zero-order valence-corrected chi connectivity index (χ0v) is 17.6. The van der Waals surface area contributed by atoms with Crippen molar-refractivity contribution in [2.24, 2.45) is 5.73 Å². The number of para-hydroxylation sites is 1. The zero-order valence-electron chi connectivity index (χ0n) is 15.2. The van der Waals surface area contributed by atoms with Crippen LogP contribution in [0.5, 0.6) is 11.5 Å². The quantitative estimate of drug-likeness (QED) is 0.543. The molecule has 3 heterocycles. The van der Waals surface area contributed by atoms with Gasteiger partial charge in [0.1, 0.15) is 17.0 Å². The number of aryl methyl sites for hydroxylation is 2. The third-order valence-electron chi connectivity index (χ3n) is 4.17. The lowest BCUT2D eigenvalue weighted by Gasteiger charge is -2.27. The lowest BCUT2D eigenvalue weighted by molar-refractivity contribution is 0.468. The second-order valence-electron chi connectivity index (χ2n) is 6.26. The van der Waals surface area contributed by atoms with Gasteiger partial charge in [-0.05, 0) is 46.8 Å². The zero-order chi connectivity index (χ0) is 19.5. The summed E-state index contributed by atoms with van der Waals surface area (Å²) in [5, 5.41) is 2.07. The monoisotopic (exact) mass is 458 g/mol. The first kappa shape index (κ1) is 19.0. The molecule has 0 saturated carbocycles. The number of hydrogen-bond acceptors (Lipinski definition) is 7. The Morgan fingerprint density at radius 2 is 2.04 bits per heavy atom. The van der Waals surface area contributed by atoms with Crippen molar-refractivity contribution >= 4 is 33.5 Å². The molecule has 2 aromatic heterocycles. The number of oxazole rings is 1. The van der Waals surface area contributed by atoms with Gasteiger partial charge in [-0.1, -0.05) is 30.0 Å². The predicted octanol–water partition coefficient (Wildman–Crippen LogP) is 5.20. The van der Waals surface area contributed by atoms with E-state index in [1.807, 2.05) is 48.2 Å². The normalized spacial score (nSPS) is 16.3. The topological polar surface area (TPSA) is 77.4 Å². The fourth-order valence-electron chi connectivity index (χ4n) is 2.90. The molecule has 0 bridgehead atoms. The van der Waals surface area contributed by atoms with Crippen LogP contribution in [0.3, 0.4) is 0 Å². The van der Waals surface area contributed by atoms with Crippen LogP contribution in [0.4, 0.5) is 5.82 Å². The van der Waals surface area contributed by atoms with Gasteiger partial charge in [0, 0.05) is 28.9 Å². The van der Waals surface area contributed by atoms with Crippen molar-refractivity contribution in [3.8, 4) is 11.5 Å². The standard InChI is InChI=1S/C20H19BrN4O2S/c1-13-10-23-18(26-13)8-7-15-12-28-20(22)25(15)19-17(9-14(21)11-24-19)27-16-5-3-2-4-6-16/h2-6,9-12,20H,7-8,22H2,1H3. The smallest absolute Gasteiger partial charge is 0.194 e. The van der Waals surface area contributed by atoms with Gasteiger partial charge in [-0.3, -0.25) is 0 Å². The van der Waals surface area contributed by atoms with Crippen molar-refractivity contribution in [1.29, 1.82) is 0 Å². The molecular weight excluding hydrogens is 440 g/mol. The molecule has 6 nitrogen and oxygen atoms in total. The number of allylic oxidation sites excluding steroid dienone is 1. The third kappa shape index (κ3) is 4.24. The first-order chi connectivity index (χ1) is 13.6. The highest BCUT2D eigenvalue weighted by atomic mass is 79.9. The van der Waals surface area contributed by atoms with Crippen LogP contribution < -0.4 is 15.4 Å². The molecule has 28 heavy (non-hydrogen) atoms. The molecule has 0 radical (unpaired) electrons. The number of benzene rings is 1. The van der Waals surface area contributed by atoms with Gasteiger partial charge >= 0.3 is 0 Å². The van der Waals surface area contributed by atoms with E-state index in [1.54, 1.807) is 24.2 Å². The molecule has 0 amide bonds. The molecule has 3 aromatic rings. The molecular formula is C20H19BrN4O2S. The van der Waals surface area contributed by atoms with Crippen molar-refractivity contribution in [3.63, 3.8) is 0 Å². The summed E-state index contributed by atoms with van der Waals surface area (Å²) in [7, 11) is 0. The number of rotatable bonds is 6. The van der Waals surface area contributed by atoms with Crippen molar-refractivity contribution in [3.05, 3.63) is 76.0 Å². The van der Waals surface area contributed by atoms with E-state index in [0.29, 0.717) is 23.9 Å². The summed E-state index contributed by atoms with van der Waals surface area (Å²) in [6.07, 6.45) is 4.91. The van der Waals surface area contributed by atoms with Crippen LogP contribution in [-0.2, 0) is 6.42 Å². The lowest BCUT2D eigenvalue weighted by atomic mass is 10.2. The van der Waals surface area contributed by atoms with Crippen LogP contribution >= 0.6 is 27.7 Å². The average molecular weight is 459 g/mol. The molecule has 1 aromatic carbocycles. The summed E-state index contributed by atoms with van der Waals surface area (Å²) in [4.78, 5) is 10.9. The first-order valence-corrected chi connectivity index (χ1v) is 10.5. The van der Waals surface area contributed by atoms with E-state index < -0.39 is 0 Å². The number of pyridine rings is 1. The van der Waals surface area contributed by atoms with E-state index in [-0.39, 0.29) is 5.50 Å². The molecule has 0 aliphatic carbocycles. The molecule has 8 heteroatoms. The Labute approximate surface area is 175 Å². The Balaban J connectivity index is 1.59. The maximum atomic E-state index is 6.37. The number of aromatic nitrogens is 2. The predicted molar refractivity (Wildman–Crippen MR) is 114 cm³/mol. The fraction of sp³-hybridized carbons (Fsp3) is 0.200. The van der Waals surface area contributed by atoms with Gasteiger partial charge < -0.3 is 19.8 Å². The van der Waals surface area contributed by atoms with Crippen molar-refractivity contribution in [1.82, 2.24) is 9.97 Å². The highest BCUT2D eigenvalue weighted by Gasteiger charge is 2.29. The van der Waals surface area contributed by atoms with Gasteiger partial charge in [-0.25, -0.2) is 9.97 Å². The van der Waals surface area contributed by atoms with Gasteiger partial charge in [0.05, 0.1) is 6.20 Å². The largest absolute Gasteiger partial charge is 0.453 e. The third-order valence-corrected chi connectivity index (χ3v) is 5.50. The Bertz CT molecular complexity index is 993. The highest BCUT2D eigenvalue weighted by Crippen LogP contribution is 2.41. The van der Waals surface area contributed by atoms with Crippen molar-refractivity contribution < 1.29 is 9.15 Å².